The number of carbonyl (C=O) groups excluding carboxylic acids is 1. The van der Waals surface area contributed by atoms with Gasteiger partial charge in [-0.2, -0.15) is 0 Å². The Kier molecular flexibility index (Phi) is 4.16. The second kappa shape index (κ2) is 6.49. The molecule has 0 atom stereocenters. The molecule has 0 radical (unpaired) electrons. The highest BCUT2D eigenvalue weighted by Crippen LogP contribution is 2.27. The maximum atomic E-state index is 12.9. The van der Waals surface area contributed by atoms with Gasteiger partial charge in [0, 0.05) is 0 Å². The number of hydrogen-bond acceptors (Lipinski definition) is 5. The van der Waals surface area contributed by atoms with E-state index in [-0.39, 0.29) is 23.6 Å². The van der Waals surface area contributed by atoms with Crippen LogP contribution < -0.4 is 10.4 Å². The minimum Gasteiger partial charge on any atom is -0.490 e. The van der Waals surface area contributed by atoms with Crippen LogP contribution in [0.2, 0.25) is 5.15 Å². The van der Waals surface area contributed by atoms with Gasteiger partial charge in [0.2, 0.25) is 0 Å². The number of halogens is 1. The fourth-order valence-electron chi connectivity index (χ4n) is 2.73. The van der Waals surface area contributed by atoms with Crippen LogP contribution in [0.15, 0.2) is 41.5 Å². The minimum absolute atomic E-state index is 0.108. The van der Waals surface area contributed by atoms with Crippen molar-refractivity contribution in [2.75, 3.05) is 6.61 Å². The minimum atomic E-state index is -0.602. The lowest BCUT2D eigenvalue weighted by molar-refractivity contribution is 0.0519. The molecular formula is C18H16ClN3O4. The number of aromatic nitrogens is 3. The monoisotopic (exact) mass is 373 g/mol. The maximum Gasteiger partial charge on any atom is 0.357 e. The number of fused-ring (bicyclic) bond motifs is 1. The van der Waals surface area contributed by atoms with Crippen molar-refractivity contribution in [3.63, 3.8) is 0 Å². The molecule has 4 rings (SSSR count). The highest BCUT2D eigenvalue weighted by molar-refractivity contribution is 6.29. The molecule has 0 amide bonds. The van der Waals surface area contributed by atoms with Gasteiger partial charge in [-0.25, -0.2) is 14.6 Å². The molecule has 1 saturated carbocycles. The first-order valence-corrected chi connectivity index (χ1v) is 8.69. The fraction of sp³-hybridized carbons (Fsp3) is 0.278. The van der Waals surface area contributed by atoms with E-state index < -0.39 is 11.7 Å². The molecule has 0 saturated heterocycles. The van der Waals surface area contributed by atoms with Gasteiger partial charge >= 0.3 is 11.7 Å². The van der Waals surface area contributed by atoms with Crippen molar-refractivity contribution < 1.29 is 14.3 Å². The van der Waals surface area contributed by atoms with Gasteiger partial charge in [-0.1, -0.05) is 11.6 Å². The van der Waals surface area contributed by atoms with Crippen LogP contribution in [0.4, 0.5) is 0 Å². The predicted molar refractivity (Wildman–Crippen MR) is 95.4 cm³/mol. The molecule has 3 aromatic rings. The van der Waals surface area contributed by atoms with Crippen molar-refractivity contribution >= 4 is 23.1 Å². The van der Waals surface area contributed by atoms with Crippen LogP contribution >= 0.6 is 11.6 Å². The Balaban J connectivity index is 1.87. The first-order chi connectivity index (χ1) is 12.6. The quantitative estimate of drug-likeness (QED) is 0.643. The Morgan fingerprint density at radius 3 is 2.69 bits per heavy atom. The smallest absolute Gasteiger partial charge is 0.357 e. The first kappa shape index (κ1) is 16.7. The third-order valence-corrected chi connectivity index (χ3v) is 4.25. The van der Waals surface area contributed by atoms with E-state index in [0.29, 0.717) is 11.2 Å². The van der Waals surface area contributed by atoms with Gasteiger partial charge in [-0.3, -0.25) is 8.97 Å². The first-order valence-electron chi connectivity index (χ1n) is 8.31. The number of benzene rings is 1. The lowest BCUT2D eigenvalue weighted by atomic mass is 10.2. The zero-order chi connectivity index (χ0) is 18.3. The van der Waals surface area contributed by atoms with E-state index in [9.17, 15) is 9.59 Å². The molecular weight excluding hydrogens is 358 g/mol. The van der Waals surface area contributed by atoms with Crippen LogP contribution in [0.3, 0.4) is 0 Å². The summed E-state index contributed by atoms with van der Waals surface area (Å²) in [5, 5.41) is 0.153. The Bertz CT molecular complexity index is 1040. The molecule has 26 heavy (non-hydrogen) atoms. The molecule has 1 aliphatic rings. The molecule has 1 aromatic carbocycles. The molecule has 0 N–H and O–H groups in total. The van der Waals surface area contributed by atoms with Crippen molar-refractivity contribution in [3.8, 4) is 11.4 Å². The highest BCUT2D eigenvalue weighted by atomic mass is 35.5. The second-order valence-corrected chi connectivity index (χ2v) is 6.35. The Hall–Kier alpha value is -2.80. The van der Waals surface area contributed by atoms with Crippen LogP contribution in [0.25, 0.3) is 11.2 Å². The normalized spacial score (nSPS) is 13.8. The maximum absolute atomic E-state index is 12.9. The topological polar surface area (TPSA) is 74.8 Å². The average molecular weight is 374 g/mol. The van der Waals surface area contributed by atoms with E-state index >= 15 is 0 Å². The molecule has 1 fully saturated rings. The van der Waals surface area contributed by atoms with Crippen LogP contribution in [0, 0.1) is 0 Å². The van der Waals surface area contributed by atoms with Gasteiger partial charge in [0.05, 0.1) is 30.8 Å². The molecule has 2 heterocycles. The van der Waals surface area contributed by atoms with E-state index in [1.54, 1.807) is 31.2 Å². The summed E-state index contributed by atoms with van der Waals surface area (Å²) >= 11 is 5.90. The van der Waals surface area contributed by atoms with Gasteiger partial charge in [0.1, 0.15) is 16.4 Å². The van der Waals surface area contributed by atoms with Gasteiger partial charge in [-0.15, -0.1) is 0 Å². The zero-order valence-corrected chi connectivity index (χ0v) is 14.8. The third-order valence-electron chi connectivity index (χ3n) is 4.06. The summed E-state index contributed by atoms with van der Waals surface area (Å²) in [5.74, 6) is 0.130. The molecule has 0 bridgehead atoms. The van der Waals surface area contributed by atoms with E-state index in [1.807, 2.05) is 0 Å². The van der Waals surface area contributed by atoms with Crippen molar-refractivity contribution in [2.45, 2.75) is 25.9 Å². The number of imidazole rings is 1. The summed E-state index contributed by atoms with van der Waals surface area (Å²) in [6.07, 6.45) is 5.17. The summed E-state index contributed by atoms with van der Waals surface area (Å²) in [4.78, 5) is 29.4. The number of hydrogen-bond donors (Lipinski definition) is 0. The highest BCUT2D eigenvalue weighted by Gasteiger charge is 2.25. The molecule has 7 nitrogen and oxygen atoms in total. The summed E-state index contributed by atoms with van der Waals surface area (Å²) in [6, 6.07) is 7.03. The fourth-order valence-corrected chi connectivity index (χ4v) is 2.88. The number of carbonyl (C=O) groups is 1. The van der Waals surface area contributed by atoms with E-state index in [4.69, 9.17) is 21.1 Å². The van der Waals surface area contributed by atoms with Gasteiger partial charge in [0.25, 0.3) is 0 Å². The summed E-state index contributed by atoms with van der Waals surface area (Å²) < 4.78 is 13.4. The zero-order valence-electron chi connectivity index (χ0n) is 14.0. The van der Waals surface area contributed by atoms with Crippen molar-refractivity contribution in [1.82, 2.24) is 14.0 Å². The van der Waals surface area contributed by atoms with Crippen LogP contribution in [-0.2, 0) is 4.74 Å². The molecule has 0 spiro atoms. The van der Waals surface area contributed by atoms with Crippen molar-refractivity contribution in [1.29, 1.82) is 0 Å². The number of esters is 1. The second-order valence-electron chi connectivity index (χ2n) is 5.96. The standard InChI is InChI=1S/C18H16ClN3O4/c1-2-25-17(23)16-14-9-20-15(19)10-21(14)18(24)22(16)11-3-5-12(6-4-11)26-13-7-8-13/h3-6,9-10,13H,2,7-8H2,1H3. The van der Waals surface area contributed by atoms with Crippen LogP contribution in [0.5, 0.6) is 5.75 Å². The van der Waals surface area contributed by atoms with Gasteiger partial charge < -0.3 is 9.47 Å². The van der Waals surface area contributed by atoms with Crippen LogP contribution in [0.1, 0.15) is 30.3 Å². The lowest BCUT2D eigenvalue weighted by Crippen LogP contribution is -2.22. The molecule has 2 aromatic heterocycles. The average Bonchev–Trinajstić information content (AvgIpc) is 3.39. The summed E-state index contributed by atoms with van der Waals surface area (Å²) in [5.41, 5.74) is 0.539. The molecule has 0 unspecified atom stereocenters. The van der Waals surface area contributed by atoms with Crippen molar-refractivity contribution in [2.24, 2.45) is 0 Å². The third kappa shape index (κ3) is 2.94. The molecule has 0 aliphatic heterocycles. The molecule has 8 heteroatoms. The van der Waals surface area contributed by atoms with E-state index in [0.717, 1.165) is 18.6 Å². The summed E-state index contributed by atoms with van der Waals surface area (Å²) in [6.45, 7) is 1.90. The van der Waals surface area contributed by atoms with E-state index in [2.05, 4.69) is 4.98 Å². The predicted octanol–water partition coefficient (Wildman–Crippen LogP) is 2.86. The Morgan fingerprint density at radius 1 is 1.31 bits per heavy atom. The van der Waals surface area contributed by atoms with Gasteiger partial charge in [-0.05, 0) is 44.0 Å². The largest absolute Gasteiger partial charge is 0.490 e. The Labute approximate surface area is 153 Å². The van der Waals surface area contributed by atoms with Crippen molar-refractivity contribution in [3.05, 3.63) is 58.0 Å². The van der Waals surface area contributed by atoms with E-state index in [1.165, 1.54) is 21.4 Å². The van der Waals surface area contributed by atoms with Gasteiger partial charge in [0.15, 0.2) is 5.69 Å². The lowest BCUT2D eigenvalue weighted by Gasteiger charge is -2.09. The SMILES string of the molecule is CCOC(=O)c1c2cnc(Cl)cn2c(=O)n1-c1ccc(OC2CC2)cc1. The number of nitrogens with zero attached hydrogens (tertiary/aromatic N) is 3. The van der Waals surface area contributed by atoms with Crippen LogP contribution in [-0.4, -0.2) is 32.6 Å². The Morgan fingerprint density at radius 2 is 2.04 bits per heavy atom. The molecule has 1 aliphatic carbocycles. The number of rotatable bonds is 5. The summed E-state index contributed by atoms with van der Waals surface area (Å²) in [7, 11) is 0. The molecule has 134 valence electrons. The number of ether oxygens (including phenoxy) is 2.